The van der Waals surface area contributed by atoms with Crippen LogP contribution in [0.2, 0.25) is 0 Å². The summed E-state index contributed by atoms with van der Waals surface area (Å²) in [4.78, 5) is 14.5. The van der Waals surface area contributed by atoms with Crippen molar-refractivity contribution >= 4 is 21.6 Å². The van der Waals surface area contributed by atoms with Gasteiger partial charge in [0.2, 0.25) is 5.43 Å². The summed E-state index contributed by atoms with van der Waals surface area (Å²) in [5.41, 5.74) is 1.82. The number of pyridine rings is 1. The number of halogens is 1. The smallest absolute Gasteiger partial charge is 0.206 e. The number of aromatic nitrogens is 1. The molecule has 2 rings (SSSR count). The average molecular weight is 229 g/mol. The minimum Gasteiger partial charge on any atom is -0.380 e. The fourth-order valence-corrected chi connectivity index (χ4v) is 1.89. The molecule has 64 valence electrons. The molecule has 0 saturated heterocycles. The SMILES string of the molecule is O=c1cc(Br)[nH]c2c1NCCC2. The molecule has 0 atom stereocenters. The molecule has 0 aliphatic carbocycles. The van der Waals surface area contributed by atoms with Crippen LogP contribution >= 0.6 is 15.9 Å². The van der Waals surface area contributed by atoms with Crippen molar-refractivity contribution in [1.82, 2.24) is 4.98 Å². The van der Waals surface area contributed by atoms with E-state index >= 15 is 0 Å². The Morgan fingerprint density at radius 1 is 1.50 bits per heavy atom. The van der Waals surface area contributed by atoms with E-state index in [0.29, 0.717) is 0 Å². The second-order valence-electron chi connectivity index (χ2n) is 2.87. The molecule has 12 heavy (non-hydrogen) atoms. The summed E-state index contributed by atoms with van der Waals surface area (Å²) in [6.45, 7) is 0.901. The van der Waals surface area contributed by atoms with Gasteiger partial charge < -0.3 is 10.3 Å². The Kier molecular flexibility index (Phi) is 1.92. The molecule has 3 nitrogen and oxygen atoms in total. The summed E-state index contributed by atoms with van der Waals surface area (Å²) >= 11 is 3.26. The van der Waals surface area contributed by atoms with Crippen LogP contribution in [0.25, 0.3) is 0 Å². The third kappa shape index (κ3) is 1.27. The zero-order valence-electron chi connectivity index (χ0n) is 6.48. The van der Waals surface area contributed by atoms with Crippen LogP contribution in [0.5, 0.6) is 0 Å². The van der Waals surface area contributed by atoms with Crippen molar-refractivity contribution in [3.05, 3.63) is 26.6 Å². The number of nitrogens with one attached hydrogen (secondary N) is 2. The molecule has 1 aromatic heterocycles. The Morgan fingerprint density at radius 3 is 3.17 bits per heavy atom. The molecule has 0 aromatic carbocycles. The molecular weight excluding hydrogens is 220 g/mol. The van der Waals surface area contributed by atoms with Gasteiger partial charge in [-0.25, -0.2) is 0 Å². The van der Waals surface area contributed by atoms with Crippen molar-refractivity contribution in [3.63, 3.8) is 0 Å². The van der Waals surface area contributed by atoms with E-state index in [-0.39, 0.29) is 5.43 Å². The average Bonchev–Trinajstić information content (AvgIpc) is 2.04. The fraction of sp³-hybridized carbons (Fsp3) is 0.375. The van der Waals surface area contributed by atoms with Gasteiger partial charge in [-0.3, -0.25) is 4.79 Å². The van der Waals surface area contributed by atoms with Gasteiger partial charge in [-0.15, -0.1) is 0 Å². The molecule has 1 aromatic rings. The van der Waals surface area contributed by atoms with Crippen molar-refractivity contribution in [3.8, 4) is 0 Å². The molecule has 0 fully saturated rings. The first-order valence-electron chi connectivity index (χ1n) is 3.93. The lowest BCUT2D eigenvalue weighted by atomic mass is 10.1. The van der Waals surface area contributed by atoms with Crippen molar-refractivity contribution in [2.45, 2.75) is 12.8 Å². The normalized spacial score (nSPS) is 15.1. The van der Waals surface area contributed by atoms with E-state index < -0.39 is 0 Å². The molecule has 0 radical (unpaired) electrons. The van der Waals surface area contributed by atoms with Crippen LogP contribution in [0.15, 0.2) is 15.5 Å². The summed E-state index contributed by atoms with van der Waals surface area (Å²) < 4.78 is 0.759. The Bertz CT molecular complexity index is 359. The van der Waals surface area contributed by atoms with Gasteiger partial charge in [-0.1, -0.05) is 0 Å². The molecule has 2 heterocycles. The fourth-order valence-electron chi connectivity index (χ4n) is 1.44. The summed E-state index contributed by atoms with van der Waals surface area (Å²) in [5.74, 6) is 0. The predicted molar refractivity (Wildman–Crippen MR) is 51.6 cm³/mol. The number of hydrogen-bond donors (Lipinski definition) is 2. The third-order valence-electron chi connectivity index (χ3n) is 1.98. The first-order chi connectivity index (χ1) is 5.77. The monoisotopic (exact) mass is 228 g/mol. The molecule has 1 aliphatic rings. The van der Waals surface area contributed by atoms with Crippen molar-refractivity contribution in [1.29, 1.82) is 0 Å². The minimum atomic E-state index is 0.0651. The van der Waals surface area contributed by atoms with E-state index in [1.54, 1.807) is 6.07 Å². The first kappa shape index (κ1) is 7.86. The lowest BCUT2D eigenvalue weighted by Crippen LogP contribution is -2.20. The van der Waals surface area contributed by atoms with Crippen molar-refractivity contribution in [2.24, 2.45) is 0 Å². The van der Waals surface area contributed by atoms with Crippen LogP contribution in [0.1, 0.15) is 12.1 Å². The van der Waals surface area contributed by atoms with Gasteiger partial charge >= 0.3 is 0 Å². The van der Waals surface area contributed by atoms with Gasteiger partial charge in [-0.2, -0.15) is 0 Å². The zero-order valence-corrected chi connectivity index (χ0v) is 8.07. The molecule has 0 amide bonds. The molecule has 1 aliphatic heterocycles. The first-order valence-corrected chi connectivity index (χ1v) is 4.72. The largest absolute Gasteiger partial charge is 0.380 e. The van der Waals surface area contributed by atoms with Crippen LogP contribution in [0.3, 0.4) is 0 Å². The van der Waals surface area contributed by atoms with Crippen LogP contribution in [0, 0.1) is 0 Å². The van der Waals surface area contributed by atoms with Gasteiger partial charge in [0, 0.05) is 18.3 Å². The van der Waals surface area contributed by atoms with Gasteiger partial charge in [0.1, 0.15) is 5.69 Å². The number of aromatic amines is 1. The topological polar surface area (TPSA) is 44.9 Å². The molecule has 2 N–H and O–H groups in total. The Balaban J connectivity index is 2.60. The Morgan fingerprint density at radius 2 is 2.33 bits per heavy atom. The molecule has 0 unspecified atom stereocenters. The molecular formula is C8H9BrN2O. The maximum Gasteiger partial charge on any atom is 0.206 e. The van der Waals surface area contributed by atoms with E-state index in [2.05, 4.69) is 26.2 Å². The maximum absolute atomic E-state index is 11.4. The van der Waals surface area contributed by atoms with E-state index in [1.807, 2.05) is 0 Å². The van der Waals surface area contributed by atoms with Crippen LogP contribution in [-0.2, 0) is 6.42 Å². The van der Waals surface area contributed by atoms with E-state index in [1.165, 1.54) is 0 Å². The summed E-state index contributed by atoms with van der Waals surface area (Å²) in [6, 6.07) is 1.55. The van der Waals surface area contributed by atoms with E-state index in [4.69, 9.17) is 0 Å². The number of aryl methyl sites for hydroxylation is 1. The molecule has 0 bridgehead atoms. The Labute approximate surface area is 78.3 Å². The second kappa shape index (κ2) is 2.94. The van der Waals surface area contributed by atoms with Crippen LogP contribution in [0.4, 0.5) is 5.69 Å². The molecule has 4 heteroatoms. The quantitative estimate of drug-likeness (QED) is 0.662. The van der Waals surface area contributed by atoms with Gasteiger partial charge in [0.15, 0.2) is 0 Å². The molecule has 0 spiro atoms. The lowest BCUT2D eigenvalue weighted by molar-refractivity contribution is 0.795. The maximum atomic E-state index is 11.4. The van der Waals surface area contributed by atoms with Gasteiger partial charge in [0.25, 0.3) is 0 Å². The second-order valence-corrected chi connectivity index (χ2v) is 3.72. The molecule has 0 saturated carbocycles. The van der Waals surface area contributed by atoms with E-state index in [9.17, 15) is 4.79 Å². The summed E-state index contributed by atoms with van der Waals surface area (Å²) in [7, 11) is 0. The highest BCUT2D eigenvalue weighted by atomic mass is 79.9. The number of hydrogen-bond acceptors (Lipinski definition) is 2. The summed E-state index contributed by atoms with van der Waals surface area (Å²) in [6.07, 6.45) is 2.04. The Hall–Kier alpha value is -0.770. The predicted octanol–water partition coefficient (Wildman–Crippen LogP) is 1.50. The lowest BCUT2D eigenvalue weighted by Gasteiger charge is -2.16. The van der Waals surface area contributed by atoms with Crippen LogP contribution in [-0.4, -0.2) is 11.5 Å². The van der Waals surface area contributed by atoms with Gasteiger partial charge in [0.05, 0.1) is 4.60 Å². The van der Waals surface area contributed by atoms with Crippen molar-refractivity contribution < 1.29 is 0 Å². The number of H-pyrrole nitrogens is 1. The highest BCUT2D eigenvalue weighted by molar-refractivity contribution is 9.10. The number of fused-ring (bicyclic) bond motifs is 1. The number of rotatable bonds is 0. The van der Waals surface area contributed by atoms with Crippen molar-refractivity contribution in [2.75, 3.05) is 11.9 Å². The minimum absolute atomic E-state index is 0.0651. The number of anilines is 1. The van der Waals surface area contributed by atoms with Gasteiger partial charge in [-0.05, 0) is 28.8 Å². The van der Waals surface area contributed by atoms with Crippen LogP contribution < -0.4 is 10.7 Å². The standard InChI is InChI=1S/C8H9BrN2O/c9-7-4-6(12)8-5(11-7)2-1-3-10-8/h4,10H,1-3H2,(H,11,12). The van der Waals surface area contributed by atoms with E-state index in [0.717, 1.165) is 35.4 Å². The highest BCUT2D eigenvalue weighted by Crippen LogP contribution is 2.17. The highest BCUT2D eigenvalue weighted by Gasteiger charge is 2.11. The summed E-state index contributed by atoms with van der Waals surface area (Å²) in [5, 5.41) is 3.09. The third-order valence-corrected chi connectivity index (χ3v) is 2.41. The zero-order chi connectivity index (χ0) is 8.55.